The fraction of sp³-hybridized carbons (Fsp3) is 0.222. The van der Waals surface area contributed by atoms with Crippen molar-refractivity contribution in [2.45, 2.75) is 5.57 Å². The quantitative estimate of drug-likeness (QED) is 0.810. The molecule has 1 aromatic carbocycles. The molecule has 7 heteroatoms. The zero-order chi connectivity index (χ0) is 12.2. The molecule has 4 nitrogen and oxygen atoms in total. The van der Waals surface area contributed by atoms with Gasteiger partial charge in [-0.25, -0.2) is 4.79 Å². The van der Waals surface area contributed by atoms with Gasteiger partial charge in [0.1, 0.15) is 5.75 Å². The lowest BCUT2D eigenvalue weighted by atomic mass is 10.3. The molecule has 0 saturated carbocycles. The van der Waals surface area contributed by atoms with Crippen LogP contribution in [0.15, 0.2) is 24.3 Å². The van der Waals surface area contributed by atoms with Gasteiger partial charge in [0.05, 0.1) is 0 Å². The van der Waals surface area contributed by atoms with Crippen LogP contribution in [0.25, 0.3) is 0 Å². The van der Waals surface area contributed by atoms with Gasteiger partial charge in [0.25, 0.3) is 0 Å². The molecule has 0 fully saturated rings. The summed E-state index contributed by atoms with van der Waals surface area (Å²) in [5.41, 5.74) is -3.29. The Morgan fingerprint density at radius 1 is 1.38 bits per heavy atom. The van der Waals surface area contributed by atoms with Crippen molar-refractivity contribution < 1.29 is 18.3 Å². The van der Waals surface area contributed by atoms with Crippen LogP contribution in [0, 0.1) is 0 Å². The molecule has 2 amide bonds. The van der Waals surface area contributed by atoms with Crippen molar-refractivity contribution in [3.05, 3.63) is 24.3 Å². The van der Waals surface area contributed by atoms with Crippen LogP contribution < -0.4 is 15.4 Å². The summed E-state index contributed by atoms with van der Waals surface area (Å²) in [5.74, 6) is -0.0949. The fourth-order valence-corrected chi connectivity index (χ4v) is 1.02. The maximum absolute atomic E-state index is 12.2. The Hall–Kier alpha value is -1.56. The molecular weight excluding hydrogens is 242 g/mol. The van der Waals surface area contributed by atoms with E-state index in [9.17, 15) is 13.6 Å². The number of hydrogen-bond acceptors (Lipinski definition) is 2. The summed E-state index contributed by atoms with van der Waals surface area (Å²) in [6, 6.07) is 4.94. The lowest BCUT2D eigenvalue weighted by molar-refractivity contribution is -0.0964. The number of rotatable bonds is 3. The van der Waals surface area contributed by atoms with E-state index in [-0.39, 0.29) is 5.75 Å². The molecule has 0 saturated heterocycles. The molecule has 0 unspecified atom stereocenters. The number of carbonyl (C=O) groups is 1. The standard InChI is InChI=1S/C9H9ClF2N2O2/c1-13-8(15)14-6-2-4-7(5-3-6)16-9(10,11)12/h2-5H,1H3,(H2,13,14,15). The highest BCUT2D eigenvalue weighted by Crippen LogP contribution is 2.25. The Kier molecular flexibility index (Phi) is 3.89. The molecule has 0 bridgehead atoms. The Morgan fingerprint density at radius 2 is 1.94 bits per heavy atom. The molecule has 0 atom stereocenters. The van der Waals surface area contributed by atoms with Gasteiger partial charge in [0, 0.05) is 24.3 Å². The van der Waals surface area contributed by atoms with Crippen LogP contribution in [0.2, 0.25) is 0 Å². The summed E-state index contributed by atoms with van der Waals surface area (Å²) in [5, 5.41) is 4.80. The zero-order valence-electron chi connectivity index (χ0n) is 8.26. The Morgan fingerprint density at radius 3 is 2.38 bits per heavy atom. The molecular formula is C9H9ClF2N2O2. The van der Waals surface area contributed by atoms with E-state index in [1.54, 1.807) is 0 Å². The number of nitrogens with one attached hydrogen (secondary N) is 2. The van der Waals surface area contributed by atoms with Crippen molar-refractivity contribution in [2.24, 2.45) is 0 Å². The van der Waals surface area contributed by atoms with Crippen molar-refractivity contribution in [3.8, 4) is 5.75 Å². The minimum Gasteiger partial charge on any atom is -0.420 e. The van der Waals surface area contributed by atoms with Crippen LogP contribution in [-0.4, -0.2) is 18.6 Å². The largest absolute Gasteiger partial charge is 0.487 e. The van der Waals surface area contributed by atoms with Gasteiger partial charge in [0.2, 0.25) is 0 Å². The van der Waals surface area contributed by atoms with Crippen molar-refractivity contribution in [1.29, 1.82) is 0 Å². The predicted molar refractivity (Wildman–Crippen MR) is 55.9 cm³/mol. The second-order valence-electron chi connectivity index (χ2n) is 2.78. The number of carbonyl (C=O) groups excluding carboxylic acids is 1. The van der Waals surface area contributed by atoms with Crippen molar-refractivity contribution in [3.63, 3.8) is 0 Å². The highest BCUT2D eigenvalue weighted by molar-refractivity contribution is 6.20. The lowest BCUT2D eigenvalue weighted by Gasteiger charge is -2.11. The summed E-state index contributed by atoms with van der Waals surface area (Å²) < 4.78 is 28.6. The Balaban J connectivity index is 2.64. The maximum atomic E-state index is 12.2. The Bertz CT molecular complexity index is 365. The van der Waals surface area contributed by atoms with E-state index in [0.717, 1.165) is 0 Å². The maximum Gasteiger partial charge on any atom is 0.487 e. The first-order chi connectivity index (χ1) is 7.40. The summed E-state index contributed by atoms with van der Waals surface area (Å²) in [7, 11) is 1.46. The van der Waals surface area contributed by atoms with Crippen LogP contribution in [0.1, 0.15) is 0 Å². The minimum atomic E-state index is -3.74. The number of amides is 2. The van der Waals surface area contributed by atoms with Gasteiger partial charge in [-0.3, -0.25) is 0 Å². The number of ether oxygens (including phenoxy) is 1. The van der Waals surface area contributed by atoms with E-state index >= 15 is 0 Å². The molecule has 1 aromatic rings. The highest BCUT2D eigenvalue weighted by atomic mass is 35.5. The van der Waals surface area contributed by atoms with E-state index in [0.29, 0.717) is 5.69 Å². The third-order valence-electron chi connectivity index (χ3n) is 1.57. The molecule has 0 aliphatic carbocycles. The summed E-state index contributed by atoms with van der Waals surface area (Å²) in [6.07, 6.45) is 0. The van der Waals surface area contributed by atoms with Crippen molar-refractivity contribution in [2.75, 3.05) is 12.4 Å². The molecule has 16 heavy (non-hydrogen) atoms. The second-order valence-corrected chi connectivity index (χ2v) is 3.22. The van der Waals surface area contributed by atoms with Crippen LogP contribution >= 0.6 is 11.6 Å². The lowest BCUT2D eigenvalue weighted by Crippen LogP contribution is -2.24. The molecule has 88 valence electrons. The average molecular weight is 251 g/mol. The number of anilines is 1. The van der Waals surface area contributed by atoms with Crippen LogP contribution in [0.3, 0.4) is 0 Å². The Labute approximate surface area is 95.5 Å². The third-order valence-corrected chi connectivity index (χ3v) is 1.65. The van der Waals surface area contributed by atoms with Crippen LogP contribution in [0.4, 0.5) is 19.3 Å². The van der Waals surface area contributed by atoms with Gasteiger partial charge in [-0.2, -0.15) is 0 Å². The fourth-order valence-electron chi connectivity index (χ4n) is 0.934. The minimum absolute atomic E-state index is 0.0949. The summed E-state index contributed by atoms with van der Waals surface area (Å²) >= 11 is 4.58. The van der Waals surface area contributed by atoms with Crippen molar-refractivity contribution in [1.82, 2.24) is 5.32 Å². The van der Waals surface area contributed by atoms with Gasteiger partial charge >= 0.3 is 11.6 Å². The normalized spacial score (nSPS) is 10.8. The number of urea groups is 1. The predicted octanol–water partition coefficient (Wildman–Crippen LogP) is 2.61. The first-order valence-electron chi connectivity index (χ1n) is 4.25. The molecule has 0 aliphatic rings. The average Bonchev–Trinajstić information content (AvgIpc) is 2.18. The molecule has 2 N–H and O–H groups in total. The topological polar surface area (TPSA) is 50.4 Å². The molecule has 0 radical (unpaired) electrons. The SMILES string of the molecule is CNC(=O)Nc1ccc(OC(F)(F)Cl)cc1. The second kappa shape index (κ2) is 4.98. The van der Waals surface area contributed by atoms with Gasteiger partial charge in [-0.1, -0.05) is 0 Å². The van der Waals surface area contributed by atoms with E-state index in [4.69, 9.17) is 0 Å². The number of halogens is 3. The van der Waals surface area contributed by atoms with Gasteiger partial charge < -0.3 is 15.4 Å². The molecule has 0 aliphatic heterocycles. The monoisotopic (exact) mass is 250 g/mol. The molecule has 0 heterocycles. The molecule has 0 aromatic heterocycles. The first-order valence-corrected chi connectivity index (χ1v) is 4.63. The molecule has 0 spiro atoms. The smallest absolute Gasteiger partial charge is 0.420 e. The first kappa shape index (κ1) is 12.5. The summed E-state index contributed by atoms with van der Waals surface area (Å²) in [4.78, 5) is 10.9. The van der Waals surface area contributed by atoms with E-state index < -0.39 is 11.6 Å². The van der Waals surface area contributed by atoms with E-state index in [1.807, 2.05) is 0 Å². The van der Waals surface area contributed by atoms with E-state index in [1.165, 1.54) is 31.3 Å². The summed E-state index contributed by atoms with van der Waals surface area (Å²) in [6.45, 7) is 0. The third kappa shape index (κ3) is 4.31. The van der Waals surface area contributed by atoms with Gasteiger partial charge in [-0.15, -0.1) is 8.78 Å². The number of alkyl halides is 3. The van der Waals surface area contributed by atoms with Crippen molar-refractivity contribution >= 4 is 23.3 Å². The zero-order valence-corrected chi connectivity index (χ0v) is 9.02. The number of benzene rings is 1. The molecule has 1 rings (SSSR count). The number of hydrogen-bond donors (Lipinski definition) is 2. The van der Waals surface area contributed by atoms with Crippen LogP contribution in [-0.2, 0) is 0 Å². The van der Waals surface area contributed by atoms with Crippen LogP contribution in [0.5, 0.6) is 5.75 Å². The van der Waals surface area contributed by atoms with Gasteiger partial charge in [0.15, 0.2) is 0 Å². The van der Waals surface area contributed by atoms with Gasteiger partial charge in [-0.05, 0) is 24.3 Å². The van der Waals surface area contributed by atoms with E-state index in [2.05, 4.69) is 27.0 Å². The highest BCUT2D eigenvalue weighted by Gasteiger charge is 2.27.